The third-order valence-electron chi connectivity index (χ3n) is 2.48. The van der Waals surface area contributed by atoms with Crippen molar-refractivity contribution in [3.05, 3.63) is 48.7 Å². The van der Waals surface area contributed by atoms with E-state index >= 15 is 0 Å². The standard InChI is InChI=1S/C14H15NO2/c1-2-3-8-17-14-13-7-5-4-6-11(13)9-12(10-16)15-14/h2,4-7,9,16H,1,3,8,10H2. The first-order valence-electron chi connectivity index (χ1n) is 5.58. The lowest BCUT2D eigenvalue weighted by molar-refractivity contribution is 0.271. The fraction of sp³-hybridized carbons (Fsp3) is 0.214. The fourth-order valence-corrected chi connectivity index (χ4v) is 1.65. The number of aromatic nitrogens is 1. The molecule has 0 aliphatic heterocycles. The van der Waals surface area contributed by atoms with Gasteiger partial charge in [0.15, 0.2) is 0 Å². The number of benzene rings is 1. The van der Waals surface area contributed by atoms with Crippen molar-refractivity contribution in [2.75, 3.05) is 6.61 Å². The molecule has 0 saturated heterocycles. The molecule has 1 aromatic carbocycles. The maximum Gasteiger partial charge on any atom is 0.221 e. The molecule has 1 aromatic heterocycles. The Balaban J connectivity index is 2.39. The lowest BCUT2D eigenvalue weighted by Gasteiger charge is -2.09. The molecule has 1 N–H and O–H groups in total. The van der Waals surface area contributed by atoms with Crippen LogP contribution in [0.5, 0.6) is 5.88 Å². The summed E-state index contributed by atoms with van der Waals surface area (Å²) in [7, 11) is 0. The van der Waals surface area contributed by atoms with Gasteiger partial charge in [-0.15, -0.1) is 6.58 Å². The number of aliphatic hydroxyl groups excluding tert-OH is 1. The summed E-state index contributed by atoms with van der Waals surface area (Å²) in [6.45, 7) is 4.12. The summed E-state index contributed by atoms with van der Waals surface area (Å²) in [5.74, 6) is 0.578. The van der Waals surface area contributed by atoms with Crippen molar-refractivity contribution in [1.82, 2.24) is 4.98 Å². The zero-order valence-electron chi connectivity index (χ0n) is 9.60. The minimum absolute atomic E-state index is 0.0807. The van der Waals surface area contributed by atoms with E-state index in [0.717, 1.165) is 17.2 Å². The number of rotatable bonds is 5. The lowest BCUT2D eigenvalue weighted by Crippen LogP contribution is -2.01. The van der Waals surface area contributed by atoms with Gasteiger partial charge in [-0.2, -0.15) is 0 Å². The Hall–Kier alpha value is -1.87. The number of hydrogen-bond acceptors (Lipinski definition) is 3. The van der Waals surface area contributed by atoms with Crippen LogP contribution in [0.2, 0.25) is 0 Å². The van der Waals surface area contributed by atoms with Crippen LogP contribution in [-0.4, -0.2) is 16.7 Å². The van der Waals surface area contributed by atoms with E-state index in [1.807, 2.05) is 30.3 Å². The van der Waals surface area contributed by atoms with Gasteiger partial charge in [0.05, 0.1) is 18.9 Å². The van der Waals surface area contributed by atoms with Crippen LogP contribution in [-0.2, 0) is 6.61 Å². The Kier molecular flexibility index (Phi) is 3.73. The Bertz CT molecular complexity index is 523. The minimum atomic E-state index is -0.0807. The number of hydrogen-bond donors (Lipinski definition) is 1. The SMILES string of the molecule is C=CCCOc1nc(CO)cc2ccccc12. The molecule has 0 radical (unpaired) electrons. The molecule has 0 saturated carbocycles. The topological polar surface area (TPSA) is 42.4 Å². The second-order valence-corrected chi connectivity index (χ2v) is 3.72. The van der Waals surface area contributed by atoms with Crippen LogP contribution < -0.4 is 4.74 Å². The maximum absolute atomic E-state index is 9.16. The zero-order valence-corrected chi connectivity index (χ0v) is 9.60. The lowest BCUT2D eigenvalue weighted by atomic mass is 10.1. The van der Waals surface area contributed by atoms with Crippen LogP contribution in [0, 0.1) is 0 Å². The Morgan fingerprint density at radius 3 is 2.94 bits per heavy atom. The molecule has 0 aliphatic carbocycles. The second-order valence-electron chi connectivity index (χ2n) is 3.72. The maximum atomic E-state index is 9.16. The number of ether oxygens (including phenoxy) is 1. The Labute approximate surface area is 100 Å². The van der Waals surface area contributed by atoms with Crippen molar-refractivity contribution in [3.63, 3.8) is 0 Å². The van der Waals surface area contributed by atoms with E-state index in [0.29, 0.717) is 18.2 Å². The molecular weight excluding hydrogens is 214 g/mol. The molecule has 3 heteroatoms. The first kappa shape index (κ1) is 11.6. The van der Waals surface area contributed by atoms with Gasteiger partial charge in [0, 0.05) is 5.39 Å². The van der Waals surface area contributed by atoms with Gasteiger partial charge in [0.1, 0.15) is 0 Å². The van der Waals surface area contributed by atoms with Gasteiger partial charge in [-0.3, -0.25) is 0 Å². The summed E-state index contributed by atoms with van der Waals surface area (Å²) in [6.07, 6.45) is 2.58. The largest absolute Gasteiger partial charge is 0.477 e. The van der Waals surface area contributed by atoms with E-state index in [9.17, 15) is 0 Å². The summed E-state index contributed by atoms with van der Waals surface area (Å²) in [5.41, 5.74) is 0.623. The average Bonchev–Trinajstić information content (AvgIpc) is 2.38. The monoisotopic (exact) mass is 229 g/mol. The summed E-state index contributed by atoms with van der Waals surface area (Å²) in [4.78, 5) is 4.28. The van der Waals surface area contributed by atoms with Crippen molar-refractivity contribution in [2.45, 2.75) is 13.0 Å². The van der Waals surface area contributed by atoms with Gasteiger partial charge in [0.2, 0.25) is 5.88 Å². The summed E-state index contributed by atoms with van der Waals surface area (Å²) < 4.78 is 5.61. The second kappa shape index (κ2) is 5.46. The molecule has 2 aromatic rings. The normalized spacial score (nSPS) is 10.4. The van der Waals surface area contributed by atoms with Crippen LogP contribution in [0.4, 0.5) is 0 Å². The number of aliphatic hydroxyl groups is 1. The molecule has 0 atom stereocenters. The quantitative estimate of drug-likeness (QED) is 0.633. The molecular formula is C14H15NO2. The molecule has 0 spiro atoms. The van der Waals surface area contributed by atoms with E-state index in [1.54, 1.807) is 6.08 Å². The molecule has 0 aliphatic rings. The molecule has 2 rings (SSSR count). The highest BCUT2D eigenvalue weighted by molar-refractivity contribution is 5.87. The van der Waals surface area contributed by atoms with Gasteiger partial charge in [-0.1, -0.05) is 24.3 Å². The van der Waals surface area contributed by atoms with Crippen LogP contribution >= 0.6 is 0 Å². The predicted molar refractivity (Wildman–Crippen MR) is 68.0 cm³/mol. The van der Waals surface area contributed by atoms with Gasteiger partial charge >= 0.3 is 0 Å². The summed E-state index contributed by atoms with van der Waals surface area (Å²) in [5, 5.41) is 11.2. The summed E-state index contributed by atoms with van der Waals surface area (Å²) in [6, 6.07) is 9.72. The van der Waals surface area contributed by atoms with E-state index < -0.39 is 0 Å². The Morgan fingerprint density at radius 2 is 2.18 bits per heavy atom. The van der Waals surface area contributed by atoms with Crippen molar-refractivity contribution < 1.29 is 9.84 Å². The van der Waals surface area contributed by atoms with Gasteiger partial charge in [-0.25, -0.2) is 4.98 Å². The highest BCUT2D eigenvalue weighted by Gasteiger charge is 2.05. The first-order chi connectivity index (χ1) is 8.35. The molecule has 0 fully saturated rings. The van der Waals surface area contributed by atoms with E-state index in [1.165, 1.54) is 0 Å². The van der Waals surface area contributed by atoms with Crippen molar-refractivity contribution in [2.24, 2.45) is 0 Å². The Morgan fingerprint density at radius 1 is 1.35 bits per heavy atom. The van der Waals surface area contributed by atoms with Crippen molar-refractivity contribution in [3.8, 4) is 5.88 Å². The smallest absolute Gasteiger partial charge is 0.221 e. The molecule has 0 bridgehead atoms. The highest BCUT2D eigenvalue weighted by Crippen LogP contribution is 2.24. The average molecular weight is 229 g/mol. The molecule has 0 unspecified atom stereocenters. The summed E-state index contributed by atoms with van der Waals surface area (Å²) >= 11 is 0. The number of nitrogens with zero attached hydrogens (tertiary/aromatic N) is 1. The van der Waals surface area contributed by atoms with Crippen LogP contribution in [0.25, 0.3) is 10.8 Å². The van der Waals surface area contributed by atoms with Crippen LogP contribution in [0.1, 0.15) is 12.1 Å². The minimum Gasteiger partial charge on any atom is -0.477 e. The fourth-order valence-electron chi connectivity index (χ4n) is 1.65. The van der Waals surface area contributed by atoms with Crippen LogP contribution in [0.3, 0.4) is 0 Å². The molecule has 3 nitrogen and oxygen atoms in total. The van der Waals surface area contributed by atoms with E-state index in [4.69, 9.17) is 9.84 Å². The van der Waals surface area contributed by atoms with E-state index in [-0.39, 0.29) is 6.61 Å². The van der Waals surface area contributed by atoms with Crippen molar-refractivity contribution in [1.29, 1.82) is 0 Å². The van der Waals surface area contributed by atoms with Gasteiger partial charge in [0.25, 0.3) is 0 Å². The van der Waals surface area contributed by atoms with Crippen molar-refractivity contribution >= 4 is 10.8 Å². The molecule has 0 amide bonds. The third-order valence-corrected chi connectivity index (χ3v) is 2.48. The molecule has 17 heavy (non-hydrogen) atoms. The third kappa shape index (κ3) is 2.63. The van der Waals surface area contributed by atoms with E-state index in [2.05, 4.69) is 11.6 Å². The molecule has 88 valence electrons. The zero-order chi connectivity index (χ0) is 12.1. The first-order valence-corrected chi connectivity index (χ1v) is 5.58. The van der Waals surface area contributed by atoms with Crippen LogP contribution in [0.15, 0.2) is 43.0 Å². The number of pyridine rings is 1. The highest BCUT2D eigenvalue weighted by atomic mass is 16.5. The molecule has 1 heterocycles. The van der Waals surface area contributed by atoms with Gasteiger partial charge < -0.3 is 9.84 Å². The number of fused-ring (bicyclic) bond motifs is 1. The van der Waals surface area contributed by atoms with Gasteiger partial charge in [-0.05, 0) is 23.9 Å². The predicted octanol–water partition coefficient (Wildman–Crippen LogP) is 2.68.